The number of nitrogens with zero attached hydrogens (tertiary/aromatic N) is 1. The molecule has 22 heavy (non-hydrogen) atoms. The third-order valence-corrected chi connectivity index (χ3v) is 3.37. The number of benzene rings is 1. The molecule has 1 amide bonds. The standard InChI is InChI=1S/C15H19NO6/c1-20-12-3-2-4-13(7-12)22-10-14(17)16-5-6-21-9-11(8-16)15(18)19/h2-4,7,11H,5-6,8-10H2,1H3,(H,18,19). The molecule has 0 saturated carbocycles. The van der Waals surface area contributed by atoms with Gasteiger partial charge in [-0.25, -0.2) is 0 Å². The molecule has 1 aromatic rings. The van der Waals surface area contributed by atoms with E-state index in [4.69, 9.17) is 19.3 Å². The van der Waals surface area contributed by atoms with Crippen LogP contribution in [0.2, 0.25) is 0 Å². The zero-order valence-corrected chi connectivity index (χ0v) is 12.4. The smallest absolute Gasteiger partial charge is 0.310 e. The Labute approximate surface area is 128 Å². The number of hydrogen-bond acceptors (Lipinski definition) is 5. The molecule has 1 aliphatic rings. The van der Waals surface area contributed by atoms with Gasteiger partial charge in [0.2, 0.25) is 0 Å². The summed E-state index contributed by atoms with van der Waals surface area (Å²) < 4.78 is 15.7. The number of methoxy groups -OCH3 is 1. The summed E-state index contributed by atoms with van der Waals surface area (Å²) in [6.07, 6.45) is 0. The first-order chi connectivity index (χ1) is 10.6. The summed E-state index contributed by atoms with van der Waals surface area (Å²) in [5.41, 5.74) is 0. The maximum absolute atomic E-state index is 12.2. The monoisotopic (exact) mass is 309 g/mol. The molecule has 1 N–H and O–H groups in total. The fourth-order valence-electron chi connectivity index (χ4n) is 2.11. The highest BCUT2D eigenvalue weighted by Crippen LogP contribution is 2.19. The third kappa shape index (κ3) is 4.36. The molecule has 7 nitrogen and oxygen atoms in total. The Hall–Kier alpha value is -2.28. The minimum atomic E-state index is -0.964. The van der Waals surface area contributed by atoms with Crippen molar-refractivity contribution in [2.24, 2.45) is 5.92 Å². The second kappa shape index (κ2) is 7.65. The molecule has 0 aliphatic carbocycles. The van der Waals surface area contributed by atoms with Crippen LogP contribution in [0, 0.1) is 5.92 Å². The normalized spacial score (nSPS) is 18.4. The molecule has 1 aromatic carbocycles. The van der Waals surface area contributed by atoms with E-state index in [1.54, 1.807) is 31.4 Å². The maximum atomic E-state index is 12.2. The number of rotatable bonds is 5. The summed E-state index contributed by atoms with van der Waals surface area (Å²) in [6.45, 7) is 0.795. The average molecular weight is 309 g/mol. The van der Waals surface area contributed by atoms with Crippen LogP contribution in [-0.2, 0) is 14.3 Å². The van der Waals surface area contributed by atoms with Gasteiger partial charge in [-0.2, -0.15) is 0 Å². The fraction of sp³-hybridized carbons (Fsp3) is 0.467. The number of carbonyl (C=O) groups excluding carboxylic acids is 1. The molecule has 1 unspecified atom stereocenters. The molecule has 0 bridgehead atoms. The van der Waals surface area contributed by atoms with E-state index < -0.39 is 11.9 Å². The first-order valence-corrected chi connectivity index (χ1v) is 6.95. The molecule has 0 spiro atoms. The van der Waals surface area contributed by atoms with Gasteiger partial charge in [-0.3, -0.25) is 9.59 Å². The van der Waals surface area contributed by atoms with Crippen molar-refractivity contribution in [3.05, 3.63) is 24.3 Å². The highest BCUT2D eigenvalue weighted by atomic mass is 16.5. The highest BCUT2D eigenvalue weighted by Gasteiger charge is 2.27. The largest absolute Gasteiger partial charge is 0.497 e. The Morgan fingerprint density at radius 1 is 1.41 bits per heavy atom. The van der Waals surface area contributed by atoms with E-state index in [2.05, 4.69) is 0 Å². The van der Waals surface area contributed by atoms with Crippen LogP contribution in [-0.4, -0.2) is 61.9 Å². The van der Waals surface area contributed by atoms with Gasteiger partial charge in [-0.05, 0) is 12.1 Å². The Bertz CT molecular complexity index is 533. The van der Waals surface area contributed by atoms with E-state index in [1.807, 2.05) is 0 Å². The third-order valence-electron chi connectivity index (χ3n) is 3.37. The van der Waals surface area contributed by atoms with E-state index >= 15 is 0 Å². The molecule has 1 atom stereocenters. The van der Waals surface area contributed by atoms with Crippen LogP contribution in [0.4, 0.5) is 0 Å². The minimum absolute atomic E-state index is 0.121. The van der Waals surface area contributed by atoms with E-state index in [1.165, 1.54) is 4.90 Å². The van der Waals surface area contributed by atoms with Gasteiger partial charge in [0.05, 0.1) is 26.2 Å². The number of ether oxygens (including phenoxy) is 3. The minimum Gasteiger partial charge on any atom is -0.497 e. The summed E-state index contributed by atoms with van der Waals surface area (Å²) in [6, 6.07) is 6.94. The summed E-state index contributed by atoms with van der Waals surface area (Å²) in [4.78, 5) is 24.7. The number of carbonyl (C=O) groups is 2. The van der Waals surface area contributed by atoms with E-state index in [0.717, 1.165) is 0 Å². The average Bonchev–Trinajstić information content (AvgIpc) is 2.79. The van der Waals surface area contributed by atoms with Crippen LogP contribution in [0.5, 0.6) is 11.5 Å². The molecule has 120 valence electrons. The number of carboxylic acids is 1. The first-order valence-electron chi connectivity index (χ1n) is 6.95. The van der Waals surface area contributed by atoms with Crippen LogP contribution in [0.3, 0.4) is 0 Å². The van der Waals surface area contributed by atoms with Gasteiger partial charge >= 0.3 is 5.97 Å². The van der Waals surface area contributed by atoms with Gasteiger partial charge in [0, 0.05) is 19.2 Å². The zero-order valence-electron chi connectivity index (χ0n) is 12.4. The van der Waals surface area contributed by atoms with Gasteiger partial charge < -0.3 is 24.2 Å². The van der Waals surface area contributed by atoms with Crippen LogP contribution in [0.1, 0.15) is 0 Å². The second-order valence-corrected chi connectivity index (χ2v) is 4.92. The fourth-order valence-corrected chi connectivity index (χ4v) is 2.11. The summed E-state index contributed by atoms with van der Waals surface area (Å²) in [5, 5.41) is 9.07. The first kappa shape index (κ1) is 16.1. The predicted molar refractivity (Wildman–Crippen MR) is 77.0 cm³/mol. The molecule has 1 heterocycles. The Morgan fingerprint density at radius 3 is 2.91 bits per heavy atom. The van der Waals surface area contributed by atoms with Crippen molar-refractivity contribution >= 4 is 11.9 Å². The Morgan fingerprint density at radius 2 is 2.18 bits per heavy atom. The van der Waals surface area contributed by atoms with Crippen LogP contribution >= 0.6 is 0 Å². The lowest BCUT2D eigenvalue weighted by Gasteiger charge is -2.21. The SMILES string of the molecule is COc1cccc(OCC(=O)N2CCOCC(C(=O)O)C2)c1. The number of amides is 1. The molecule has 1 fully saturated rings. The molecule has 7 heteroatoms. The maximum Gasteiger partial charge on any atom is 0.310 e. The van der Waals surface area contributed by atoms with E-state index in [0.29, 0.717) is 24.7 Å². The molecule has 1 aliphatic heterocycles. The van der Waals surface area contributed by atoms with E-state index in [-0.39, 0.29) is 25.7 Å². The van der Waals surface area contributed by atoms with Crippen LogP contribution in [0.25, 0.3) is 0 Å². The lowest BCUT2D eigenvalue weighted by molar-refractivity contribution is -0.144. The lowest BCUT2D eigenvalue weighted by atomic mass is 10.1. The predicted octanol–water partition coefficient (Wildman–Crippen LogP) is 0.634. The summed E-state index contributed by atoms with van der Waals surface area (Å²) >= 11 is 0. The molecular weight excluding hydrogens is 290 g/mol. The van der Waals surface area contributed by atoms with Gasteiger partial charge in [0.25, 0.3) is 5.91 Å². The molecule has 2 rings (SSSR count). The summed E-state index contributed by atoms with van der Waals surface area (Å²) in [5.74, 6) is -0.774. The van der Waals surface area contributed by atoms with Crippen LogP contribution < -0.4 is 9.47 Å². The highest BCUT2D eigenvalue weighted by molar-refractivity contribution is 5.79. The van der Waals surface area contributed by atoms with Crippen molar-refractivity contribution in [2.75, 3.05) is 40.0 Å². The van der Waals surface area contributed by atoms with Crippen molar-refractivity contribution in [2.45, 2.75) is 0 Å². The number of aliphatic carboxylic acids is 1. The van der Waals surface area contributed by atoms with Crippen molar-refractivity contribution in [1.82, 2.24) is 4.90 Å². The van der Waals surface area contributed by atoms with Gasteiger partial charge in [-0.1, -0.05) is 6.07 Å². The zero-order chi connectivity index (χ0) is 15.9. The Kier molecular flexibility index (Phi) is 5.60. The molecule has 0 radical (unpaired) electrons. The van der Waals surface area contributed by atoms with Gasteiger partial charge in [-0.15, -0.1) is 0 Å². The van der Waals surface area contributed by atoms with Crippen molar-refractivity contribution in [3.63, 3.8) is 0 Å². The number of hydrogen-bond donors (Lipinski definition) is 1. The molecule has 0 aromatic heterocycles. The van der Waals surface area contributed by atoms with Crippen molar-refractivity contribution in [1.29, 1.82) is 0 Å². The van der Waals surface area contributed by atoms with Crippen molar-refractivity contribution < 1.29 is 28.9 Å². The van der Waals surface area contributed by atoms with Gasteiger partial charge in [0.1, 0.15) is 11.5 Å². The van der Waals surface area contributed by atoms with Gasteiger partial charge in [0.15, 0.2) is 6.61 Å². The lowest BCUT2D eigenvalue weighted by Crippen LogP contribution is -2.40. The topological polar surface area (TPSA) is 85.3 Å². The molecular formula is C15H19NO6. The second-order valence-electron chi connectivity index (χ2n) is 4.92. The van der Waals surface area contributed by atoms with Crippen molar-refractivity contribution in [3.8, 4) is 11.5 Å². The number of carboxylic acid groups (broad SMARTS) is 1. The quantitative estimate of drug-likeness (QED) is 0.859. The summed E-state index contributed by atoms with van der Waals surface area (Å²) in [7, 11) is 1.55. The van der Waals surface area contributed by atoms with Crippen LogP contribution in [0.15, 0.2) is 24.3 Å². The molecule has 1 saturated heterocycles. The van der Waals surface area contributed by atoms with E-state index in [9.17, 15) is 9.59 Å². The Balaban J connectivity index is 1.91.